The van der Waals surface area contributed by atoms with E-state index in [0.717, 1.165) is 0 Å². The van der Waals surface area contributed by atoms with E-state index in [1.54, 1.807) is 13.2 Å². The molecule has 0 aliphatic carbocycles. The number of allylic oxidation sites excluding steroid dienone is 1. The zero-order valence-corrected chi connectivity index (χ0v) is 10.5. The van der Waals surface area contributed by atoms with Crippen LogP contribution in [0.4, 0.5) is 0 Å². The fraction of sp³-hybridized carbons (Fsp3) is 0.667. The highest BCUT2D eigenvalue weighted by atomic mass is 16.5. The summed E-state index contributed by atoms with van der Waals surface area (Å²) in [6, 6.07) is 1.87. The van der Waals surface area contributed by atoms with Crippen LogP contribution in [0.15, 0.2) is 11.6 Å². The number of carbonyl (C=O) groups excluding carboxylic acids is 1. The topological polar surface area (TPSA) is 50.1 Å². The smallest absolute Gasteiger partial charge is 0.169 e. The average molecular weight is 211 g/mol. The highest BCUT2D eigenvalue weighted by Gasteiger charge is 2.17. The lowest BCUT2D eigenvalue weighted by atomic mass is 9.91. The Bertz CT molecular complexity index is 259. The monoisotopic (exact) mass is 211 g/mol. The minimum Gasteiger partial charge on any atom is -0.384 e. The largest absolute Gasteiger partial charge is 0.384 e. The van der Waals surface area contributed by atoms with Crippen molar-refractivity contribution in [2.45, 2.75) is 34.6 Å². The van der Waals surface area contributed by atoms with E-state index in [1.807, 2.05) is 33.8 Å². The lowest BCUT2D eigenvalue weighted by molar-refractivity contribution is -0.113. The number of nitrogens with zero attached hydrogens (tertiary/aromatic N) is 1. The Morgan fingerprint density at radius 2 is 1.93 bits per heavy atom. The maximum atomic E-state index is 10.9. The molecule has 0 aromatic heterocycles. The zero-order chi connectivity index (χ0) is 12.5. The van der Waals surface area contributed by atoms with Crippen molar-refractivity contribution in [3.05, 3.63) is 11.6 Å². The molecular formula is C12H21NO2. The van der Waals surface area contributed by atoms with Gasteiger partial charge in [-0.15, -0.1) is 0 Å². The first-order valence-electron chi connectivity index (χ1n) is 5.06. The number of methoxy groups -OCH3 is 1. The van der Waals surface area contributed by atoms with Crippen LogP contribution in [-0.4, -0.2) is 19.5 Å². The molecule has 0 saturated heterocycles. The molecule has 0 aromatic carbocycles. The van der Waals surface area contributed by atoms with Crippen molar-refractivity contribution < 1.29 is 9.53 Å². The summed E-state index contributed by atoms with van der Waals surface area (Å²) in [5.74, 6) is -0.202. The number of Topliss-reactive ketones (excluding diaryl/α,β-unsaturated/α-hetero) is 1. The SMILES string of the molecule is CC.COCC(C)(C)/C=C(\C#N)C(C)=O. The Kier molecular flexibility index (Phi) is 8.90. The number of hydrogen-bond donors (Lipinski definition) is 0. The van der Waals surface area contributed by atoms with E-state index >= 15 is 0 Å². The first kappa shape index (κ1) is 16.3. The molecule has 86 valence electrons. The summed E-state index contributed by atoms with van der Waals surface area (Å²) < 4.78 is 4.97. The van der Waals surface area contributed by atoms with E-state index in [1.165, 1.54) is 6.92 Å². The molecule has 0 saturated carbocycles. The quantitative estimate of drug-likeness (QED) is 0.530. The summed E-state index contributed by atoms with van der Waals surface area (Å²) in [7, 11) is 1.59. The molecule has 0 heterocycles. The minimum atomic E-state index is -0.272. The highest BCUT2D eigenvalue weighted by molar-refractivity contribution is 5.97. The summed E-state index contributed by atoms with van der Waals surface area (Å²) in [6.07, 6.45) is 1.65. The van der Waals surface area contributed by atoms with Crippen molar-refractivity contribution in [3.8, 4) is 6.07 Å². The number of ether oxygens (including phenoxy) is 1. The van der Waals surface area contributed by atoms with E-state index < -0.39 is 0 Å². The van der Waals surface area contributed by atoms with E-state index in [2.05, 4.69) is 0 Å². The third-order valence-electron chi connectivity index (χ3n) is 1.55. The molecule has 15 heavy (non-hydrogen) atoms. The first-order chi connectivity index (χ1) is 6.93. The molecule has 0 aliphatic heterocycles. The van der Waals surface area contributed by atoms with Crippen molar-refractivity contribution >= 4 is 5.78 Å². The molecule has 0 atom stereocenters. The Balaban J connectivity index is 0. The van der Waals surface area contributed by atoms with Crippen molar-refractivity contribution in [3.63, 3.8) is 0 Å². The molecule has 0 aromatic rings. The average Bonchev–Trinajstić information content (AvgIpc) is 2.17. The van der Waals surface area contributed by atoms with Crippen LogP contribution in [0.25, 0.3) is 0 Å². The molecule has 0 fully saturated rings. The number of carbonyl (C=O) groups is 1. The second kappa shape index (κ2) is 8.19. The maximum absolute atomic E-state index is 10.9. The van der Waals surface area contributed by atoms with Crippen molar-refractivity contribution in [2.24, 2.45) is 5.41 Å². The molecule has 0 rings (SSSR count). The normalized spacial score (nSPS) is 11.1. The Morgan fingerprint density at radius 3 is 2.20 bits per heavy atom. The predicted octanol–water partition coefficient (Wildman–Crippen LogP) is 2.72. The minimum absolute atomic E-state index is 0.196. The molecule has 0 bridgehead atoms. The van der Waals surface area contributed by atoms with Gasteiger partial charge in [0.2, 0.25) is 0 Å². The third kappa shape index (κ3) is 7.90. The van der Waals surface area contributed by atoms with Crippen LogP contribution in [0.1, 0.15) is 34.6 Å². The Hall–Kier alpha value is -1.14. The molecule has 3 nitrogen and oxygen atoms in total. The van der Waals surface area contributed by atoms with Crippen LogP contribution in [0.5, 0.6) is 0 Å². The van der Waals surface area contributed by atoms with Gasteiger partial charge < -0.3 is 4.74 Å². The van der Waals surface area contributed by atoms with Gasteiger partial charge in [-0.25, -0.2) is 0 Å². The van der Waals surface area contributed by atoms with Gasteiger partial charge in [-0.1, -0.05) is 33.8 Å². The van der Waals surface area contributed by atoms with Gasteiger partial charge >= 0.3 is 0 Å². The van der Waals surface area contributed by atoms with E-state index in [9.17, 15) is 4.79 Å². The lowest BCUT2D eigenvalue weighted by Crippen LogP contribution is -2.16. The van der Waals surface area contributed by atoms with Gasteiger partial charge in [0.15, 0.2) is 5.78 Å². The molecular weight excluding hydrogens is 190 g/mol. The maximum Gasteiger partial charge on any atom is 0.169 e. The lowest BCUT2D eigenvalue weighted by Gasteiger charge is -2.18. The van der Waals surface area contributed by atoms with E-state index in [4.69, 9.17) is 10.00 Å². The Morgan fingerprint density at radius 1 is 1.47 bits per heavy atom. The molecule has 0 radical (unpaired) electrons. The number of ketones is 1. The van der Waals surface area contributed by atoms with Crippen molar-refractivity contribution in [1.82, 2.24) is 0 Å². The number of rotatable bonds is 4. The highest BCUT2D eigenvalue weighted by Crippen LogP contribution is 2.19. The van der Waals surface area contributed by atoms with Gasteiger partial charge in [0.25, 0.3) is 0 Å². The van der Waals surface area contributed by atoms with Crippen LogP contribution in [0.3, 0.4) is 0 Å². The number of nitriles is 1. The molecule has 0 spiro atoms. The van der Waals surface area contributed by atoms with Gasteiger partial charge in [-0.2, -0.15) is 5.26 Å². The molecule has 0 aliphatic rings. The summed E-state index contributed by atoms with van der Waals surface area (Å²) >= 11 is 0. The van der Waals surface area contributed by atoms with Gasteiger partial charge in [0, 0.05) is 12.5 Å². The number of hydrogen-bond acceptors (Lipinski definition) is 3. The van der Waals surface area contributed by atoms with Crippen LogP contribution in [0, 0.1) is 16.7 Å². The van der Waals surface area contributed by atoms with Crippen LogP contribution in [-0.2, 0) is 9.53 Å². The van der Waals surface area contributed by atoms with Crippen LogP contribution in [0.2, 0.25) is 0 Å². The fourth-order valence-corrected chi connectivity index (χ4v) is 1.02. The second-order valence-electron chi connectivity index (χ2n) is 3.65. The molecule has 0 amide bonds. The third-order valence-corrected chi connectivity index (χ3v) is 1.55. The van der Waals surface area contributed by atoms with Crippen LogP contribution >= 0.6 is 0 Å². The van der Waals surface area contributed by atoms with E-state index in [-0.39, 0.29) is 16.8 Å². The summed E-state index contributed by atoms with van der Waals surface area (Å²) in [4.78, 5) is 10.9. The second-order valence-corrected chi connectivity index (χ2v) is 3.65. The van der Waals surface area contributed by atoms with Crippen LogP contribution < -0.4 is 0 Å². The van der Waals surface area contributed by atoms with Crippen molar-refractivity contribution in [1.29, 1.82) is 5.26 Å². The van der Waals surface area contributed by atoms with Gasteiger partial charge in [-0.3, -0.25) is 4.79 Å². The predicted molar refractivity (Wildman–Crippen MR) is 61.4 cm³/mol. The molecule has 0 N–H and O–H groups in total. The summed E-state index contributed by atoms with van der Waals surface area (Å²) in [5, 5.41) is 8.65. The molecule has 0 unspecified atom stereocenters. The van der Waals surface area contributed by atoms with Gasteiger partial charge in [-0.05, 0) is 6.92 Å². The molecule has 3 heteroatoms. The fourth-order valence-electron chi connectivity index (χ4n) is 1.02. The first-order valence-corrected chi connectivity index (χ1v) is 5.06. The summed E-state index contributed by atoms with van der Waals surface area (Å²) in [5.41, 5.74) is -0.0760. The standard InChI is InChI=1S/C10H15NO2.C2H6/c1-8(12)9(6-11)5-10(2,3)7-13-4;1-2/h5H,7H2,1-4H3;1-2H3/b9-5+;. The van der Waals surface area contributed by atoms with E-state index in [0.29, 0.717) is 6.61 Å². The zero-order valence-electron chi connectivity index (χ0n) is 10.5. The van der Waals surface area contributed by atoms with Crippen molar-refractivity contribution in [2.75, 3.05) is 13.7 Å². The summed E-state index contributed by atoms with van der Waals surface area (Å²) in [6.45, 7) is 9.71. The van der Waals surface area contributed by atoms with Gasteiger partial charge in [0.1, 0.15) is 6.07 Å². The van der Waals surface area contributed by atoms with Gasteiger partial charge in [0.05, 0.1) is 12.2 Å². The Labute approximate surface area is 92.7 Å².